The molecule has 1 rings (SSSR count). The number of halogens is 1. The van der Waals surface area contributed by atoms with Crippen LogP contribution in [0.15, 0.2) is 12.1 Å². The number of hydrogen-bond acceptors (Lipinski definition) is 4. The number of hydrogen-bond donors (Lipinski definition) is 1. The Kier molecular flexibility index (Phi) is 4.89. The molecule has 1 heterocycles. The SMILES string of the molecule is CCN(CC(C)C(N)=S)c1ccc(Cl)nn1. The summed E-state index contributed by atoms with van der Waals surface area (Å²) >= 11 is 10.6. The molecule has 88 valence electrons. The molecule has 0 bridgehead atoms. The molecule has 4 nitrogen and oxygen atoms in total. The number of rotatable bonds is 5. The molecule has 0 radical (unpaired) electrons. The van der Waals surface area contributed by atoms with Gasteiger partial charge in [-0.3, -0.25) is 0 Å². The van der Waals surface area contributed by atoms with Gasteiger partial charge in [0.25, 0.3) is 0 Å². The van der Waals surface area contributed by atoms with Crippen molar-refractivity contribution in [3.05, 3.63) is 17.3 Å². The van der Waals surface area contributed by atoms with E-state index in [1.165, 1.54) is 0 Å². The summed E-state index contributed by atoms with van der Waals surface area (Å²) in [4.78, 5) is 2.58. The van der Waals surface area contributed by atoms with Crippen LogP contribution in [0.5, 0.6) is 0 Å². The second-order valence-corrected chi connectivity index (χ2v) is 4.41. The van der Waals surface area contributed by atoms with E-state index >= 15 is 0 Å². The van der Waals surface area contributed by atoms with E-state index in [-0.39, 0.29) is 5.92 Å². The predicted molar refractivity (Wildman–Crippen MR) is 70.9 cm³/mol. The van der Waals surface area contributed by atoms with Crippen molar-refractivity contribution in [3.63, 3.8) is 0 Å². The first-order valence-electron chi connectivity index (χ1n) is 5.08. The third kappa shape index (κ3) is 3.57. The fourth-order valence-corrected chi connectivity index (χ4v) is 1.46. The average Bonchev–Trinajstić information content (AvgIpc) is 2.26. The Morgan fingerprint density at radius 1 is 1.56 bits per heavy atom. The third-order valence-electron chi connectivity index (χ3n) is 2.30. The van der Waals surface area contributed by atoms with Gasteiger partial charge >= 0.3 is 0 Å². The summed E-state index contributed by atoms with van der Waals surface area (Å²) in [5.41, 5.74) is 5.59. The van der Waals surface area contributed by atoms with Gasteiger partial charge in [0.2, 0.25) is 0 Å². The Hall–Kier alpha value is -0.940. The van der Waals surface area contributed by atoms with E-state index in [2.05, 4.69) is 15.1 Å². The van der Waals surface area contributed by atoms with Gasteiger partial charge in [0.15, 0.2) is 11.0 Å². The smallest absolute Gasteiger partial charge is 0.151 e. The van der Waals surface area contributed by atoms with Crippen LogP contribution in [0.2, 0.25) is 5.15 Å². The number of nitrogens with two attached hydrogens (primary N) is 1. The van der Waals surface area contributed by atoms with Crippen molar-refractivity contribution in [2.75, 3.05) is 18.0 Å². The van der Waals surface area contributed by atoms with Crippen molar-refractivity contribution < 1.29 is 0 Å². The van der Waals surface area contributed by atoms with Crippen molar-refractivity contribution in [2.45, 2.75) is 13.8 Å². The Labute approximate surface area is 106 Å². The van der Waals surface area contributed by atoms with Crippen LogP contribution >= 0.6 is 23.8 Å². The second-order valence-electron chi connectivity index (χ2n) is 3.56. The molecular formula is C10H15ClN4S. The van der Waals surface area contributed by atoms with Gasteiger partial charge in [-0.1, -0.05) is 30.7 Å². The van der Waals surface area contributed by atoms with E-state index in [4.69, 9.17) is 29.6 Å². The lowest BCUT2D eigenvalue weighted by Gasteiger charge is -2.24. The van der Waals surface area contributed by atoms with Crippen molar-refractivity contribution >= 4 is 34.6 Å². The summed E-state index contributed by atoms with van der Waals surface area (Å²) in [7, 11) is 0. The summed E-state index contributed by atoms with van der Waals surface area (Å²) in [6.45, 7) is 5.60. The van der Waals surface area contributed by atoms with E-state index in [1.54, 1.807) is 6.07 Å². The Morgan fingerprint density at radius 2 is 2.25 bits per heavy atom. The first-order valence-corrected chi connectivity index (χ1v) is 5.86. The molecule has 16 heavy (non-hydrogen) atoms. The highest BCUT2D eigenvalue weighted by atomic mass is 35.5. The lowest BCUT2D eigenvalue weighted by atomic mass is 10.1. The van der Waals surface area contributed by atoms with E-state index in [1.807, 2.05) is 19.9 Å². The number of anilines is 1. The molecule has 0 aromatic carbocycles. The van der Waals surface area contributed by atoms with Crippen molar-refractivity contribution in [1.29, 1.82) is 0 Å². The van der Waals surface area contributed by atoms with Crippen LogP contribution in [0, 0.1) is 5.92 Å². The summed E-state index contributed by atoms with van der Waals surface area (Å²) in [6, 6.07) is 3.56. The van der Waals surface area contributed by atoms with E-state index in [0.717, 1.165) is 18.9 Å². The van der Waals surface area contributed by atoms with Crippen LogP contribution in [-0.2, 0) is 0 Å². The zero-order chi connectivity index (χ0) is 12.1. The molecule has 0 aliphatic heterocycles. The first kappa shape index (κ1) is 13.1. The van der Waals surface area contributed by atoms with Crippen LogP contribution < -0.4 is 10.6 Å². The second kappa shape index (κ2) is 5.96. The normalized spacial score (nSPS) is 12.2. The zero-order valence-corrected chi connectivity index (χ0v) is 10.9. The first-order chi connectivity index (χ1) is 7.54. The minimum atomic E-state index is 0.146. The molecule has 0 aliphatic carbocycles. The summed E-state index contributed by atoms with van der Waals surface area (Å²) in [5, 5.41) is 8.22. The lowest BCUT2D eigenvalue weighted by molar-refractivity contribution is 0.694. The molecule has 0 spiro atoms. The molecule has 0 amide bonds. The fraction of sp³-hybridized carbons (Fsp3) is 0.500. The molecule has 0 saturated carbocycles. The molecule has 0 aliphatic rings. The van der Waals surface area contributed by atoms with E-state index in [9.17, 15) is 0 Å². The van der Waals surface area contributed by atoms with Crippen LogP contribution in [0.4, 0.5) is 5.82 Å². The van der Waals surface area contributed by atoms with Gasteiger partial charge in [0.05, 0.1) is 4.99 Å². The quantitative estimate of drug-likeness (QED) is 0.818. The van der Waals surface area contributed by atoms with Crippen molar-refractivity contribution in [1.82, 2.24) is 10.2 Å². The zero-order valence-electron chi connectivity index (χ0n) is 9.35. The number of thiocarbonyl (C=S) groups is 1. The third-order valence-corrected chi connectivity index (χ3v) is 2.91. The summed E-state index contributed by atoms with van der Waals surface area (Å²) < 4.78 is 0. The van der Waals surface area contributed by atoms with Crippen LogP contribution in [-0.4, -0.2) is 28.3 Å². The van der Waals surface area contributed by atoms with Gasteiger partial charge in [-0.05, 0) is 19.1 Å². The molecule has 1 atom stereocenters. The molecule has 0 saturated heterocycles. The topological polar surface area (TPSA) is 55.0 Å². The molecule has 1 aromatic heterocycles. The largest absolute Gasteiger partial charge is 0.393 e. The maximum Gasteiger partial charge on any atom is 0.151 e. The molecule has 6 heteroatoms. The highest BCUT2D eigenvalue weighted by molar-refractivity contribution is 7.80. The lowest BCUT2D eigenvalue weighted by Crippen LogP contribution is -2.34. The van der Waals surface area contributed by atoms with Gasteiger partial charge in [-0.2, -0.15) is 0 Å². The summed E-state index contributed by atoms with van der Waals surface area (Å²) in [5.74, 6) is 0.933. The molecule has 1 unspecified atom stereocenters. The minimum Gasteiger partial charge on any atom is -0.393 e. The Morgan fingerprint density at radius 3 is 2.69 bits per heavy atom. The van der Waals surface area contributed by atoms with Crippen molar-refractivity contribution in [2.24, 2.45) is 11.7 Å². The maximum absolute atomic E-state index is 5.68. The number of aromatic nitrogens is 2. The van der Waals surface area contributed by atoms with Crippen LogP contribution in [0.25, 0.3) is 0 Å². The molecule has 0 fully saturated rings. The molecular weight excluding hydrogens is 244 g/mol. The number of nitrogens with zero attached hydrogens (tertiary/aromatic N) is 3. The van der Waals surface area contributed by atoms with Gasteiger partial charge in [-0.15, -0.1) is 10.2 Å². The van der Waals surface area contributed by atoms with Crippen molar-refractivity contribution in [3.8, 4) is 0 Å². The Balaban J connectivity index is 2.74. The molecule has 1 aromatic rings. The van der Waals surface area contributed by atoms with Gasteiger partial charge in [0.1, 0.15) is 0 Å². The van der Waals surface area contributed by atoms with Crippen LogP contribution in [0.3, 0.4) is 0 Å². The van der Waals surface area contributed by atoms with E-state index < -0.39 is 0 Å². The predicted octanol–water partition coefficient (Wildman–Crippen LogP) is 1.88. The fourth-order valence-electron chi connectivity index (χ4n) is 1.28. The highest BCUT2D eigenvalue weighted by Gasteiger charge is 2.12. The maximum atomic E-state index is 5.68. The summed E-state index contributed by atoms with van der Waals surface area (Å²) in [6.07, 6.45) is 0. The Bertz CT molecular complexity index is 354. The van der Waals surface area contributed by atoms with E-state index in [0.29, 0.717) is 10.1 Å². The van der Waals surface area contributed by atoms with Gasteiger partial charge in [0, 0.05) is 19.0 Å². The van der Waals surface area contributed by atoms with Gasteiger partial charge < -0.3 is 10.6 Å². The average molecular weight is 259 g/mol. The standard InChI is InChI=1S/C10H15ClN4S/c1-3-15(6-7(2)10(12)16)9-5-4-8(11)13-14-9/h4-5,7H,3,6H2,1-2H3,(H2,12,16). The highest BCUT2D eigenvalue weighted by Crippen LogP contribution is 2.13. The minimum absolute atomic E-state index is 0.146. The van der Waals surface area contributed by atoms with Gasteiger partial charge in [-0.25, -0.2) is 0 Å². The van der Waals surface area contributed by atoms with Crippen LogP contribution in [0.1, 0.15) is 13.8 Å². The molecule has 2 N–H and O–H groups in total. The monoisotopic (exact) mass is 258 g/mol.